The maximum Gasteiger partial charge on any atom is 0.352 e. The van der Waals surface area contributed by atoms with Crippen molar-refractivity contribution < 1.29 is 24.5 Å². The van der Waals surface area contributed by atoms with Crippen LogP contribution in [0, 0.1) is 13.8 Å². The second kappa shape index (κ2) is 9.81. The smallest absolute Gasteiger partial charge is 0.352 e. The minimum absolute atomic E-state index is 0.154. The Kier molecular flexibility index (Phi) is 6.40. The van der Waals surface area contributed by atoms with Gasteiger partial charge in [0.15, 0.2) is 0 Å². The van der Waals surface area contributed by atoms with Crippen LogP contribution >= 0.6 is 0 Å². The topological polar surface area (TPSA) is 117 Å². The Balaban J connectivity index is 1.44. The van der Waals surface area contributed by atoms with E-state index in [1.54, 1.807) is 0 Å². The van der Waals surface area contributed by atoms with E-state index in [0.717, 1.165) is 38.6 Å². The van der Waals surface area contributed by atoms with Gasteiger partial charge < -0.3 is 19.9 Å². The summed E-state index contributed by atoms with van der Waals surface area (Å²) in [4.78, 5) is 26.5. The zero-order valence-corrected chi connectivity index (χ0v) is 20.6. The third kappa shape index (κ3) is 4.53. The van der Waals surface area contributed by atoms with Gasteiger partial charge in [0.1, 0.15) is 18.0 Å². The monoisotopic (exact) mass is 497 g/mol. The Bertz CT molecular complexity index is 1640. The van der Waals surface area contributed by atoms with Gasteiger partial charge in [-0.2, -0.15) is 5.10 Å². The summed E-state index contributed by atoms with van der Waals surface area (Å²) < 4.78 is 7.53. The fraction of sp³-hybridized carbons (Fsp3) is 0.207. The van der Waals surface area contributed by atoms with E-state index in [0.29, 0.717) is 36.4 Å². The standard InChI is InChI=1S/C29H27N3O5/c1-17-26(18(2)32(31-17)16-25(33)34)23-12-6-11-21-22(28(29(35)36)30-27(21)23)13-7-15-37-24-14-5-9-19-8-3-4-10-20(19)24/h3-6,8-12,14,30H,7,13,15-16H2,1-2H3,(H,33,34)(H,35,36). The molecule has 0 saturated heterocycles. The number of benzene rings is 3. The van der Waals surface area contributed by atoms with Crippen LogP contribution in [0.3, 0.4) is 0 Å². The van der Waals surface area contributed by atoms with E-state index in [1.807, 2.05) is 74.5 Å². The molecule has 5 rings (SSSR count). The maximum atomic E-state index is 12.2. The molecular weight excluding hydrogens is 470 g/mol. The molecule has 8 nitrogen and oxygen atoms in total. The number of para-hydroxylation sites is 1. The molecule has 0 aliphatic carbocycles. The highest BCUT2D eigenvalue weighted by atomic mass is 16.5. The summed E-state index contributed by atoms with van der Waals surface area (Å²) in [6.45, 7) is 3.85. The quantitative estimate of drug-likeness (QED) is 0.228. The molecule has 2 aromatic heterocycles. The predicted molar refractivity (Wildman–Crippen MR) is 141 cm³/mol. The van der Waals surface area contributed by atoms with Crippen LogP contribution in [0.5, 0.6) is 5.75 Å². The molecule has 0 spiro atoms. The molecule has 0 radical (unpaired) electrons. The fourth-order valence-corrected chi connectivity index (χ4v) is 5.05. The molecule has 8 heteroatoms. The molecule has 0 amide bonds. The normalized spacial score (nSPS) is 11.3. The van der Waals surface area contributed by atoms with Crippen LogP contribution in [0.4, 0.5) is 0 Å². The van der Waals surface area contributed by atoms with Gasteiger partial charge in [0, 0.05) is 27.6 Å². The van der Waals surface area contributed by atoms with Crippen molar-refractivity contribution in [3.05, 3.63) is 83.3 Å². The first-order chi connectivity index (χ1) is 17.8. The van der Waals surface area contributed by atoms with Gasteiger partial charge in [-0.25, -0.2) is 4.79 Å². The number of aromatic amines is 1. The molecule has 3 N–H and O–H groups in total. The fourth-order valence-electron chi connectivity index (χ4n) is 5.05. The van der Waals surface area contributed by atoms with Gasteiger partial charge in [0.25, 0.3) is 0 Å². The number of hydrogen-bond donors (Lipinski definition) is 3. The lowest BCUT2D eigenvalue weighted by Gasteiger charge is -2.09. The molecule has 37 heavy (non-hydrogen) atoms. The summed E-state index contributed by atoms with van der Waals surface area (Å²) in [6, 6.07) is 19.7. The molecular formula is C29H27N3O5. The molecule has 0 saturated carbocycles. The summed E-state index contributed by atoms with van der Waals surface area (Å²) >= 11 is 0. The van der Waals surface area contributed by atoms with Crippen LogP contribution in [-0.2, 0) is 17.8 Å². The number of aromatic carboxylic acids is 1. The van der Waals surface area contributed by atoms with Gasteiger partial charge >= 0.3 is 11.9 Å². The minimum atomic E-state index is -1.03. The van der Waals surface area contributed by atoms with E-state index < -0.39 is 11.9 Å². The molecule has 0 atom stereocenters. The summed E-state index contributed by atoms with van der Waals surface area (Å²) in [5.74, 6) is -1.19. The van der Waals surface area contributed by atoms with Crippen molar-refractivity contribution in [3.63, 3.8) is 0 Å². The summed E-state index contributed by atoms with van der Waals surface area (Å²) in [5, 5.41) is 26.5. The number of aryl methyl sites for hydroxylation is 2. The molecule has 0 aliphatic rings. The number of aromatic nitrogens is 3. The van der Waals surface area contributed by atoms with E-state index in [1.165, 1.54) is 4.68 Å². The molecule has 0 unspecified atom stereocenters. The third-order valence-corrected chi connectivity index (χ3v) is 6.67. The lowest BCUT2D eigenvalue weighted by molar-refractivity contribution is -0.137. The maximum absolute atomic E-state index is 12.2. The Morgan fingerprint density at radius 2 is 1.70 bits per heavy atom. The number of nitrogens with zero attached hydrogens (tertiary/aromatic N) is 2. The first kappa shape index (κ1) is 24.1. The first-order valence-corrected chi connectivity index (χ1v) is 12.1. The lowest BCUT2D eigenvalue weighted by Crippen LogP contribution is -2.11. The zero-order valence-electron chi connectivity index (χ0n) is 20.6. The predicted octanol–water partition coefficient (Wildman–Crippen LogP) is 5.60. The van der Waals surface area contributed by atoms with E-state index >= 15 is 0 Å². The van der Waals surface area contributed by atoms with Gasteiger partial charge in [-0.15, -0.1) is 0 Å². The number of aliphatic carboxylic acids is 1. The van der Waals surface area contributed by atoms with Gasteiger partial charge in [-0.3, -0.25) is 9.48 Å². The molecule has 0 fully saturated rings. The van der Waals surface area contributed by atoms with Gasteiger partial charge in [0.05, 0.1) is 17.8 Å². The molecule has 188 valence electrons. The van der Waals surface area contributed by atoms with Gasteiger partial charge in [0.2, 0.25) is 0 Å². The molecule has 3 aromatic carbocycles. The van der Waals surface area contributed by atoms with Crippen molar-refractivity contribution in [1.29, 1.82) is 0 Å². The SMILES string of the molecule is Cc1nn(CC(=O)O)c(C)c1-c1cccc2c(CCCOc3cccc4ccccc34)c(C(=O)O)[nH]c12. The highest BCUT2D eigenvalue weighted by molar-refractivity contribution is 6.03. The molecule has 5 aromatic rings. The third-order valence-electron chi connectivity index (χ3n) is 6.67. The van der Waals surface area contributed by atoms with Crippen molar-refractivity contribution in [2.75, 3.05) is 6.61 Å². The number of rotatable bonds is 9. The number of fused-ring (bicyclic) bond motifs is 2. The van der Waals surface area contributed by atoms with Crippen LogP contribution in [0.1, 0.15) is 33.9 Å². The number of carboxylic acids is 2. The van der Waals surface area contributed by atoms with Gasteiger partial charge in [-0.05, 0) is 43.7 Å². The van der Waals surface area contributed by atoms with Crippen LogP contribution in [-0.4, -0.2) is 43.5 Å². The highest BCUT2D eigenvalue weighted by Crippen LogP contribution is 2.36. The van der Waals surface area contributed by atoms with Crippen LogP contribution in [0.15, 0.2) is 60.7 Å². The Labute approximate surface area is 213 Å². The summed E-state index contributed by atoms with van der Waals surface area (Å²) in [6.07, 6.45) is 1.15. The Morgan fingerprint density at radius 3 is 2.49 bits per heavy atom. The lowest BCUT2D eigenvalue weighted by atomic mass is 9.98. The van der Waals surface area contributed by atoms with Crippen molar-refractivity contribution in [2.24, 2.45) is 0 Å². The van der Waals surface area contributed by atoms with Gasteiger partial charge in [-0.1, -0.05) is 54.6 Å². The average Bonchev–Trinajstić information content (AvgIpc) is 3.38. The molecule has 2 heterocycles. The van der Waals surface area contributed by atoms with Crippen LogP contribution in [0.25, 0.3) is 32.8 Å². The van der Waals surface area contributed by atoms with Crippen molar-refractivity contribution >= 4 is 33.6 Å². The largest absolute Gasteiger partial charge is 0.493 e. The zero-order chi connectivity index (χ0) is 26.1. The van der Waals surface area contributed by atoms with E-state index in [2.05, 4.69) is 10.1 Å². The van der Waals surface area contributed by atoms with E-state index in [9.17, 15) is 19.8 Å². The average molecular weight is 498 g/mol. The van der Waals surface area contributed by atoms with E-state index in [-0.39, 0.29) is 12.2 Å². The first-order valence-electron chi connectivity index (χ1n) is 12.1. The van der Waals surface area contributed by atoms with Crippen LogP contribution in [0.2, 0.25) is 0 Å². The van der Waals surface area contributed by atoms with Crippen LogP contribution < -0.4 is 4.74 Å². The minimum Gasteiger partial charge on any atom is -0.493 e. The molecule has 0 aliphatic heterocycles. The van der Waals surface area contributed by atoms with Crippen molar-refractivity contribution in [1.82, 2.24) is 14.8 Å². The number of carboxylic acid groups (broad SMARTS) is 2. The van der Waals surface area contributed by atoms with Crippen molar-refractivity contribution in [2.45, 2.75) is 33.2 Å². The molecule has 0 bridgehead atoms. The number of hydrogen-bond acceptors (Lipinski definition) is 4. The van der Waals surface area contributed by atoms with E-state index in [4.69, 9.17) is 4.74 Å². The summed E-state index contributed by atoms with van der Waals surface area (Å²) in [5.41, 5.74) is 4.57. The Morgan fingerprint density at radius 1 is 0.973 bits per heavy atom. The van der Waals surface area contributed by atoms with Crippen molar-refractivity contribution in [3.8, 4) is 16.9 Å². The number of ether oxygens (including phenoxy) is 1. The second-order valence-corrected chi connectivity index (χ2v) is 9.04. The number of carbonyl (C=O) groups is 2. The second-order valence-electron chi connectivity index (χ2n) is 9.04. The highest BCUT2D eigenvalue weighted by Gasteiger charge is 2.22. The number of nitrogens with one attached hydrogen (secondary N) is 1. The Hall–Kier alpha value is -4.59. The number of H-pyrrole nitrogens is 1. The summed E-state index contributed by atoms with van der Waals surface area (Å²) in [7, 11) is 0.